The Labute approximate surface area is 450 Å². The third-order valence-corrected chi connectivity index (χ3v) is 12.9. The monoisotopic (exact) mass is 1090 g/mol. The van der Waals surface area contributed by atoms with Crippen LogP contribution in [0.4, 0.5) is 5.69 Å². The van der Waals surface area contributed by atoms with Crippen LogP contribution in [-0.4, -0.2) is 113 Å². The highest BCUT2D eigenvalue weighted by Gasteiger charge is 2.23. The predicted octanol–water partition coefficient (Wildman–Crippen LogP) is 5.59. The normalized spacial score (nSPS) is 12.3. The first-order valence-electron chi connectivity index (χ1n) is 26.0. The molecule has 2 atom stereocenters. The molecule has 0 aliphatic carbocycles. The largest absolute Gasteiger partial charge is 0.481 e. The zero-order valence-electron chi connectivity index (χ0n) is 44.0. The molecule has 0 saturated heterocycles. The van der Waals surface area contributed by atoms with Crippen LogP contribution >= 0.6 is 7.75 Å². The van der Waals surface area contributed by atoms with Gasteiger partial charge in [0.05, 0.1) is 25.4 Å². The molecular weight excluding hydrogens is 1010 g/mol. The Bertz CT molecular complexity index is 2650. The van der Waals surface area contributed by atoms with Gasteiger partial charge in [0.2, 0.25) is 35.9 Å². The number of aromatic nitrogens is 1. The Morgan fingerprint density at radius 1 is 0.714 bits per heavy atom. The van der Waals surface area contributed by atoms with Gasteiger partial charge in [-0.3, -0.25) is 38.1 Å². The first kappa shape index (κ1) is 63.9. The number of carbonyl (C=O) groups excluding carboxylic acids is 6. The van der Waals surface area contributed by atoms with Crippen LogP contribution in [0.5, 0.6) is 0 Å². The number of nitrogens with one attached hydrogen (secondary N) is 7. The van der Waals surface area contributed by atoms with Crippen molar-refractivity contribution in [1.29, 1.82) is 0 Å². The maximum atomic E-state index is 13.3. The molecule has 21 nitrogen and oxygen atoms in total. The number of aryl methyl sites for hydroxylation is 1. The number of unbranched alkanes of at least 4 members (excludes halogenated alkanes) is 4. The van der Waals surface area contributed by atoms with Gasteiger partial charge in [0, 0.05) is 86.5 Å². The van der Waals surface area contributed by atoms with Gasteiger partial charge < -0.3 is 51.6 Å². The minimum Gasteiger partial charge on any atom is -0.481 e. The second-order valence-electron chi connectivity index (χ2n) is 17.8. The summed E-state index contributed by atoms with van der Waals surface area (Å²) in [4.78, 5) is 109. The second kappa shape index (κ2) is 36.6. The van der Waals surface area contributed by atoms with Crippen molar-refractivity contribution in [3.63, 3.8) is 0 Å². The highest BCUT2D eigenvalue weighted by Crippen LogP contribution is 2.36. The molecule has 3 aromatic carbocycles. The number of para-hydroxylation sites is 2. The van der Waals surface area contributed by atoms with Crippen molar-refractivity contribution in [3.05, 3.63) is 101 Å². The zero-order valence-corrected chi connectivity index (χ0v) is 44.9. The number of carboxylic acid groups (broad SMARTS) is 2. The highest BCUT2D eigenvalue weighted by atomic mass is 31.2. The molecule has 0 fully saturated rings. The van der Waals surface area contributed by atoms with Crippen LogP contribution in [0.1, 0.15) is 126 Å². The predicted molar refractivity (Wildman–Crippen MR) is 292 cm³/mol. The van der Waals surface area contributed by atoms with Crippen LogP contribution in [0.2, 0.25) is 0 Å². The summed E-state index contributed by atoms with van der Waals surface area (Å²) in [6, 6.07) is 22.1. The van der Waals surface area contributed by atoms with E-state index >= 15 is 0 Å². The molecule has 418 valence electrons. The molecule has 0 saturated carbocycles. The average Bonchev–Trinajstić information content (AvgIpc) is 3.84. The van der Waals surface area contributed by atoms with Gasteiger partial charge in [0.15, 0.2) is 0 Å². The number of fused-ring (bicyclic) bond motifs is 3. The summed E-state index contributed by atoms with van der Waals surface area (Å²) in [6.07, 6.45) is 8.01. The first-order valence-corrected chi connectivity index (χ1v) is 27.6. The van der Waals surface area contributed by atoms with Crippen molar-refractivity contribution in [1.82, 2.24) is 36.7 Å². The van der Waals surface area contributed by atoms with Gasteiger partial charge >= 0.3 is 19.7 Å². The van der Waals surface area contributed by atoms with Crippen molar-refractivity contribution < 1.29 is 62.6 Å². The van der Waals surface area contributed by atoms with Crippen LogP contribution in [0.25, 0.3) is 10.9 Å². The van der Waals surface area contributed by atoms with Crippen LogP contribution in [-0.2, 0) is 60.4 Å². The van der Waals surface area contributed by atoms with Gasteiger partial charge in [-0.2, -0.15) is 0 Å². The van der Waals surface area contributed by atoms with Gasteiger partial charge in [-0.05, 0) is 86.8 Å². The number of rotatable bonds is 32. The van der Waals surface area contributed by atoms with Gasteiger partial charge in [-0.25, -0.2) is 14.4 Å². The molecule has 0 bridgehead atoms. The van der Waals surface area contributed by atoms with Crippen molar-refractivity contribution >= 4 is 72.2 Å². The van der Waals surface area contributed by atoms with Crippen LogP contribution < -0.4 is 36.6 Å². The van der Waals surface area contributed by atoms with Crippen molar-refractivity contribution in [2.75, 3.05) is 44.2 Å². The van der Waals surface area contributed by atoms with Gasteiger partial charge in [-0.15, -0.1) is 0 Å². The van der Waals surface area contributed by atoms with Crippen LogP contribution in [0.3, 0.4) is 0 Å². The molecule has 4 aromatic rings. The standard InChI is InChI=1S/C40H53N6O12P.C10H11N.C5H11NO/c47-34(41-24-8-9-26-58-59(56,57)44-25-10-16-39(52)53)20-19-32(40(54)55)45-36(49)15-2-1-7-23-42-37(50)27-43-35(48)21-22-38(51)46-28-31-13-4-3-11-29(31)17-18-30-12-5-6-14-33(30)46;1-2-8-7-11-10-6-4-3-5-9(8)10;1-2-3-4-6-5-7/h3-6,11-14,32H,1-2,7-10,15-16,19-28H2,(H,41,47)(H,42,50)(H,43,48)(H,45,49)(H,52,53)(H,54,55)(H2,44,56,57);3-7,11H,2H2,1H3;5H,2-4H2,1H3,(H,6,7)/t32-;;/m0../s1. The third kappa shape index (κ3) is 26.3. The van der Waals surface area contributed by atoms with Gasteiger partial charge in [-0.1, -0.05) is 87.1 Å². The number of amides is 6. The highest BCUT2D eigenvalue weighted by molar-refractivity contribution is 7.50. The van der Waals surface area contributed by atoms with Gasteiger partial charge in [0.1, 0.15) is 6.04 Å². The minimum atomic E-state index is -4.06. The summed E-state index contributed by atoms with van der Waals surface area (Å²) in [5, 5.41) is 34.5. The Morgan fingerprint density at radius 2 is 1.39 bits per heavy atom. The van der Waals surface area contributed by atoms with E-state index in [4.69, 9.17) is 9.63 Å². The minimum absolute atomic E-state index is 0.00124. The molecule has 1 aliphatic rings. The third-order valence-electron chi connectivity index (χ3n) is 11.7. The first-order chi connectivity index (χ1) is 37.1. The lowest BCUT2D eigenvalue weighted by Gasteiger charge is -2.26. The number of hydrogen-bond acceptors (Lipinski definition) is 10. The fraction of sp³-hybridized carbons (Fsp3) is 0.455. The van der Waals surface area contributed by atoms with Crippen LogP contribution in [0, 0.1) is 11.8 Å². The average molecular weight is 1090 g/mol. The molecule has 1 aromatic heterocycles. The topological polar surface area (TPSA) is 315 Å². The van der Waals surface area contributed by atoms with E-state index in [0.29, 0.717) is 56.4 Å². The molecule has 10 N–H and O–H groups in total. The number of aromatic amines is 1. The molecule has 0 spiro atoms. The summed E-state index contributed by atoms with van der Waals surface area (Å²) in [5.74, 6) is 1.98. The van der Waals surface area contributed by atoms with E-state index in [1.807, 2.05) is 48.5 Å². The number of H-pyrrole nitrogens is 1. The van der Waals surface area contributed by atoms with E-state index in [1.165, 1.54) is 16.5 Å². The number of nitrogens with zero attached hydrogens (tertiary/aromatic N) is 1. The van der Waals surface area contributed by atoms with E-state index in [9.17, 15) is 52.9 Å². The van der Waals surface area contributed by atoms with Crippen molar-refractivity contribution in [2.24, 2.45) is 0 Å². The van der Waals surface area contributed by atoms with E-state index in [0.717, 1.165) is 43.3 Å². The molecule has 22 heteroatoms. The molecule has 77 heavy (non-hydrogen) atoms. The summed E-state index contributed by atoms with van der Waals surface area (Å²) >= 11 is 0. The second-order valence-corrected chi connectivity index (χ2v) is 19.4. The number of carbonyl (C=O) groups is 8. The van der Waals surface area contributed by atoms with Crippen molar-refractivity contribution in [3.8, 4) is 11.8 Å². The number of carboxylic acids is 2. The van der Waals surface area contributed by atoms with E-state index in [-0.39, 0.29) is 77.1 Å². The zero-order chi connectivity index (χ0) is 56.3. The smallest absolute Gasteiger partial charge is 0.402 e. The van der Waals surface area contributed by atoms with E-state index in [2.05, 4.69) is 92.8 Å². The molecule has 6 amide bonds. The summed E-state index contributed by atoms with van der Waals surface area (Å²) in [7, 11) is -4.06. The number of aliphatic carboxylic acids is 2. The molecular formula is C55H75N8O13P. The maximum Gasteiger partial charge on any atom is 0.402 e. The molecule has 1 aliphatic heterocycles. The number of hydrogen-bond donors (Lipinski definition) is 10. The maximum absolute atomic E-state index is 13.3. The summed E-state index contributed by atoms with van der Waals surface area (Å²) in [5.41, 5.74) is 5.74. The summed E-state index contributed by atoms with van der Waals surface area (Å²) in [6.45, 7) is 5.56. The number of anilines is 1. The van der Waals surface area contributed by atoms with Crippen molar-refractivity contribution in [2.45, 2.75) is 123 Å². The summed E-state index contributed by atoms with van der Waals surface area (Å²) < 4.78 is 16.7. The number of benzene rings is 3. The molecule has 5 rings (SSSR count). The fourth-order valence-corrected chi connectivity index (χ4v) is 8.41. The lowest BCUT2D eigenvalue weighted by molar-refractivity contribution is -0.142. The Hall–Kier alpha value is -7.37. The lowest BCUT2D eigenvalue weighted by atomic mass is 10.0. The SMILES string of the molecule is CCCCNC=O.CCc1c[nH]c2ccccc12.O=C(O)CCCNP(=O)(O)OCCCCNC(=O)CC[C@H](NC(=O)CCCCCNC(=O)CNC(=O)CCC(=O)N1Cc2ccccc2C#Cc2ccccc21)C(=O)O. The lowest BCUT2D eigenvalue weighted by Crippen LogP contribution is -2.41. The Balaban J connectivity index is 0.000000722. The van der Waals surface area contributed by atoms with E-state index in [1.54, 1.807) is 4.90 Å². The quantitative estimate of drug-likeness (QED) is 0.0124. The molecule has 0 radical (unpaired) electrons. The Kier molecular flexibility index (Phi) is 30.4. The molecule has 1 unspecified atom stereocenters. The fourth-order valence-electron chi connectivity index (χ4n) is 7.51. The van der Waals surface area contributed by atoms with Gasteiger partial charge in [0.25, 0.3) is 0 Å². The van der Waals surface area contributed by atoms with Crippen LogP contribution in [0.15, 0.2) is 79.0 Å². The van der Waals surface area contributed by atoms with E-state index < -0.39 is 49.4 Å². The Morgan fingerprint density at radius 3 is 2.12 bits per heavy atom. The molecule has 2 heterocycles.